The Balaban J connectivity index is 1.52. The van der Waals surface area contributed by atoms with E-state index >= 15 is 0 Å². The molecule has 6 heteroatoms. The molecule has 2 aliphatic heterocycles. The van der Waals surface area contributed by atoms with Gasteiger partial charge in [0, 0.05) is 31.0 Å². The molecule has 2 aliphatic rings. The molecule has 0 radical (unpaired) electrons. The number of hydrogen-bond donors (Lipinski definition) is 0. The van der Waals surface area contributed by atoms with E-state index in [9.17, 15) is 8.42 Å². The van der Waals surface area contributed by atoms with E-state index in [1.165, 1.54) is 11.8 Å². The third-order valence-corrected chi connectivity index (χ3v) is 8.47. The first kappa shape index (κ1) is 22.4. The molecule has 31 heavy (non-hydrogen) atoms. The second-order valence-corrected chi connectivity index (χ2v) is 11.7. The molecule has 0 amide bonds. The van der Waals surface area contributed by atoms with Gasteiger partial charge >= 0.3 is 0 Å². The number of pyridine rings is 1. The fraction of sp³-hybridized carbons (Fsp3) is 0.560. The zero-order valence-corrected chi connectivity index (χ0v) is 19.7. The van der Waals surface area contributed by atoms with Crippen molar-refractivity contribution >= 4 is 9.84 Å². The number of sulfone groups is 1. The summed E-state index contributed by atoms with van der Waals surface area (Å²) in [4.78, 5) is 7.60. The Bertz CT molecular complexity index is 983. The van der Waals surface area contributed by atoms with Crippen LogP contribution in [0.25, 0.3) is 0 Å². The number of aryl methyl sites for hydroxylation is 1. The second-order valence-electron chi connectivity index (χ2n) is 9.73. The average molecular weight is 443 g/mol. The summed E-state index contributed by atoms with van der Waals surface area (Å²) in [5.41, 5.74) is 2.29. The van der Waals surface area contributed by atoms with Gasteiger partial charge in [0.15, 0.2) is 9.84 Å². The summed E-state index contributed by atoms with van der Waals surface area (Å²) in [5.74, 6) is 0. The maximum atomic E-state index is 11.8. The van der Waals surface area contributed by atoms with Crippen LogP contribution in [0.2, 0.25) is 0 Å². The number of ether oxygens (including phenoxy) is 1. The predicted octanol–water partition coefficient (Wildman–Crippen LogP) is 4.22. The molecule has 1 aromatic carbocycles. The molecule has 0 bridgehead atoms. The Morgan fingerprint density at radius 1 is 1.19 bits per heavy atom. The number of aromatic nitrogens is 1. The van der Waals surface area contributed by atoms with Gasteiger partial charge in [-0.3, -0.25) is 9.88 Å². The van der Waals surface area contributed by atoms with Gasteiger partial charge in [-0.1, -0.05) is 18.2 Å². The molecule has 4 rings (SSSR count). The summed E-state index contributed by atoms with van der Waals surface area (Å²) in [7, 11) is -3.16. The minimum Gasteiger partial charge on any atom is -0.378 e. The van der Waals surface area contributed by atoms with Crippen molar-refractivity contribution < 1.29 is 13.2 Å². The Morgan fingerprint density at radius 3 is 2.58 bits per heavy atom. The van der Waals surface area contributed by atoms with Crippen LogP contribution in [0, 0.1) is 5.41 Å². The number of nitrogens with zero attached hydrogens (tertiary/aromatic N) is 2. The van der Waals surface area contributed by atoms with Crippen molar-refractivity contribution in [3.8, 4) is 0 Å². The maximum Gasteiger partial charge on any atom is 0.175 e. The van der Waals surface area contributed by atoms with Crippen molar-refractivity contribution in [1.29, 1.82) is 0 Å². The molecule has 3 heterocycles. The molecular formula is C25H34N2O3S. The molecule has 2 aromatic rings. The van der Waals surface area contributed by atoms with Gasteiger partial charge in [-0.15, -0.1) is 0 Å². The molecular weight excluding hydrogens is 408 g/mol. The molecule has 168 valence electrons. The number of likely N-dealkylation sites (tertiary alicyclic amines) is 1. The van der Waals surface area contributed by atoms with Crippen LogP contribution in [0.15, 0.2) is 53.6 Å². The van der Waals surface area contributed by atoms with Crippen LogP contribution in [0.4, 0.5) is 0 Å². The molecule has 2 fully saturated rings. The highest BCUT2D eigenvalue weighted by atomic mass is 32.2. The molecule has 0 unspecified atom stereocenters. The number of benzene rings is 1. The minimum absolute atomic E-state index is 0.123. The van der Waals surface area contributed by atoms with E-state index < -0.39 is 9.84 Å². The first-order valence-corrected chi connectivity index (χ1v) is 13.2. The van der Waals surface area contributed by atoms with E-state index in [0.717, 1.165) is 57.5 Å². The lowest BCUT2D eigenvalue weighted by Gasteiger charge is -2.39. The van der Waals surface area contributed by atoms with Gasteiger partial charge in [-0.25, -0.2) is 8.42 Å². The van der Waals surface area contributed by atoms with Crippen molar-refractivity contribution in [3.63, 3.8) is 0 Å². The number of rotatable bonds is 7. The van der Waals surface area contributed by atoms with Crippen LogP contribution in [-0.2, 0) is 26.5 Å². The van der Waals surface area contributed by atoms with E-state index in [0.29, 0.717) is 11.0 Å². The lowest BCUT2D eigenvalue weighted by atomic mass is 9.75. The van der Waals surface area contributed by atoms with Gasteiger partial charge in [0.25, 0.3) is 0 Å². The summed E-state index contributed by atoms with van der Waals surface area (Å²) in [6, 6.07) is 13.5. The molecule has 2 saturated heterocycles. The van der Waals surface area contributed by atoms with Crippen LogP contribution in [-0.4, -0.2) is 50.4 Å². The summed E-state index contributed by atoms with van der Waals surface area (Å²) < 4.78 is 29.7. The van der Waals surface area contributed by atoms with Crippen molar-refractivity contribution in [1.82, 2.24) is 9.88 Å². The van der Waals surface area contributed by atoms with Crippen molar-refractivity contribution in [2.75, 3.05) is 26.0 Å². The zero-order valence-electron chi connectivity index (χ0n) is 18.9. The lowest BCUT2D eigenvalue weighted by Crippen LogP contribution is -2.44. The van der Waals surface area contributed by atoms with E-state index in [1.807, 2.05) is 24.4 Å². The van der Waals surface area contributed by atoms with Crippen LogP contribution < -0.4 is 0 Å². The highest BCUT2D eigenvalue weighted by Gasteiger charge is 2.49. The Kier molecular flexibility index (Phi) is 6.25. The van der Waals surface area contributed by atoms with E-state index in [1.54, 1.807) is 12.1 Å². The van der Waals surface area contributed by atoms with Crippen molar-refractivity contribution in [2.24, 2.45) is 5.41 Å². The molecule has 0 aliphatic carbocycles. The van der Waals surface area contributed by atoms with Crippen LogP contribution >= 0.6 is 0 Å². The summed E-state index contributed by atoms with van der Waals surface area (Å²) in [6.45, 7) is 7.44. The van der Waals surface area contributed by atoms with E-state index in [4.69, 9.17) is 4.74 Å². The standard InChI is InChI=1S/C25H34N2O3S/c1-24(2,22-7-4-5-16-26-22)27-17-15-25(19-27,23-8-6-18-30-23)14-13-20-9-11-21(12-10-20)31(3,28)29/h4-5,7,9-12,16,23H,6,8,13-15,17-19H2,1-3H3/t23-,25-/m1/s1. The van der Waals surface area contributed by atoms with Gasteiger partial charge < -0.3 is 4.74 Å². The van der Waals surface area contributed by atoms with Crippen LogP contribution in [0.5, 0.6) is 0 Å². The van der Waals surface area contributed by atoms with Crippen LogP contribution in [0.3, 0.4) is 0 Å². The highest BCUT2D eigenvalue weighted by Crippen LogP contribution is 2.46. The van der Waals surface area contributed by atoms with E-state index in [2.05, 4.69) is 35.9 Å². The fourth-order valence-electron chi connectivity index (χ4n) is 5.24. The van der Waals surface area contributed by atoms with Gasteiger partial charge in [0.1, 0.15) is 0 Å². The largest absolute Gasteiger partial charge is 0.378 e. The zero-order chi connectivity index (χ0) is 22.1. The minimum atomic E-state index is -3.16. The molecule has 0 spiro atoms. The predicted molar refractivity (Wildman–Crippen MR) is 123 cm³/mol. The molecule has 2 atom stereocenters. The third kappa shape index (κ3) is 4.71. The third-order valence-electron chi connectivity index (χ3n) is 7.34. The van der Waals surface area contributed by atoms with Gasteiger partial charge in [-0.2, -0.15) is 0 Å². The summed E-state index contributed by atoms with van der Waals surface area (Å²) in [6.07, 6.45) is 8.80. The SMILES string of the molecule is CC(C)(c1ccccn1)N1CC[C@@](CCc2ccc(S(C)(=O)=O)cc2)([C@H]2CCCO2)C1. The second kappa shape index (κ2) is 8.64. The van der Waals surface area contributed by atoms with Crippen LogP contribution in [0.1, 0.15) is 50.8 Å². The maximum absolute atomic E-state index is 11.8. The topological polar surface area (TPSA) is 59.5 Å². The van der Waals surface area contributed by atoms with Crippen molar-refractivity contribution in [3.05, 3.63) is 59.9 Å². The molecule has 5 nitrogen and oxygen atoms in total. The Hall–Kier alpha value is -1.76. The quantitative estimate of drug-likeness (QED) is 0.642. The highest BCUT2D eigenvalue weighted by molar-refractivity contribution is 7.90. The molecule has 0 saturated carbocycles. The number of hydrogen-bond acceptors (Lipinski definition) is 5. The fourth-order valence-corrected chi connectivity index (χ4v) is 5.88. The Labute approximate surface area is 186 Å². The van der Waals surface area contributed by atoms with Gasteiger partial charge in [0.05, 0.1) is 22.2 Å². The molecule has 1 aromatic heterocycles. The van der Waals surface area contributed by atoms with Gasteiger partial charge in [0.2, 0.25) is 0 Å². The first-order valence-electron chi connectivity index (χ1n) is 11.3. The summed E-state index contributed by atoms with van der Waals surface area (Å²) >= 11 is 0. The monoisotopic (exact) mass is 442 g/mol. The summed E-state index contributed by atoms with van der Waals surface area (Å²) in [5, 5.41) is 0. The molecule has 0 N–H and O–H groups in total. The smallest absolute Gasteiger partial charge is 0.175 e. The van der Waals surface area contributed by atoms with Crippen molar-refractivity contribution in [2.45, 2.75) is 62.5 Å². The van der Waals surface area contributed by atoms with E-state index in [-0.39, 0.29) is 11.0 Å². The van der Waals surface area contributed by atoms with Gasteiger partial charge in [-0.05, 0) is 82.3 Å². The first-order chi connectivity index (χ1) is 14.7. The Morgan fingerprint density at radius 2 is 1.97 bits per heavy atom. The lowest BCUT2D eigenvalue weighted by molar-refractivity contribution is -0.00860. The average Bonchev–Trinajstić information content (AvgIpc) is 3.44. The normalized spacial score (nSPS) is 25.2.